The molecular formula is C34H26N6O13S4. The van der Waals surface area contributed by atoms with E-state index in [1.54, 1.807) is 44.2 Å². The quantitative estimate of drug-likeness (QED) is 0.0558. The lowest BCUT2D eigenvalue weighted by molar-refractivity contribution is -0.109. The summed E-state index contributed by atoms with van der Waals surface area (Å²) in [6.45, 7) is 3.43. The molecule has 0 bridgehead atoms. The summed E-state index contributed by atoms with van der Waals surface area (Å²) in [6, 6.07) is 18.4. The normalized spacial score (nSPS) is 14.7. The number of nitrogens with zero attached hydrogens (tertiary/aromatic N) is 5. The molecule has 5 aromatic carbocycles. The number of carbonyl (C=O) groups is 1. The summed E-state index contributed by atoms with van der Waals surface area (Å²) in [5.41, 5.74) is 5.11. The Morgan fingerprint density at radius 2 is 1.16 bits per heavy atom. The van der Waals surface area contributed by atoms with Crippen LogP contribution >= 0.6 is 0 Å². The van der Waals surface area contributed by atoms with Crippen molar-refractivity contribution in [3.05, 3.63) is 112 Å². The van der Waals surface area contributed by atoms with Gasteiger partial charge in [0.1, 0.15) is 15.5 Å². The number of allylic oxidation sites excluding steroid dienone is 1. The minimum atomic E-state index is -5.05. The van der Waals surface area contributed by atoms with Gasteiger partial charge in [0, 0.05) is 10.9 Å². The SMILES string of the molecule is Cc1cc(N=Nc2ccc(NN=C3C(=O)C(S(=O)(=O)O)=Cc4cc(S(=O)(=O)O)ccc43)cc2C)ccc1N=Nc1ccc2cc(S(=O)(=O)O)cc(S(=O)(=O)O)c2c1. The van der Waals surface area contributed by atoms with Crippen molar-refractivity contribution in [1.29, 1.82) is 0 Å². The molecule has 0 unspecified atom stereocenters. The maximum Gasteiger partial charge on any atom is 0.298 e. The molecule has 0 saturated heterocycles. The average molecular weight is 855 g/mol. The number of hydrazone groups is 1. The van der Waals surface area contributed by atoms with Crippen molar-refractivity contribution < 1.29 is 56.7 Å². The van der Waals surface area contributed by atoms with E-state index in [1.165, 1.54) is 24.3 Å². The van der Waals surface area contributed by atoms with Gasteiger partial charge in [-0.15, -0.1) is 0 Å². The van der Waals surface area contributed by atoms with E-state index in [9.17, 15) is 56.7 Å². The van der Waals surface area contributed by atoms with Gasteiger partial charge in [-0.3, -0.25) is 28.4 Å². The number of fused-ring (bicyclic) bond motifs is 2. The highest BCUT2D eigenvalue weighted by molar-refractivity contribution is 7.91. The number of hydrogen-bond donors (Lipinski definition) is 5. The summed E-state index contributed by atoms with van der Waals surface area (Å²) in [7, 11) is -19.4. The second-order valence-corrected chi connectivity index (χ2v) is 17.9. The maximum absolute atomic E-state index is 13.0. The largest absolute Gasteiger partial charge is 0.298 e. The van der Waals surface area contributed by atoms with E-state index in [1.807, 2.05) is 0 Å². The number of carbonyl (C=O) groups excluding carboxylic acids is 1. The van der Waals surface area contributed by atoms with Crippen LogP contribution in [-0.4, -0.2) is 63.4 Å². The molecule has 0 atom stereocenters. The second-order valence-electron chi connectivity index (χ2n) is 12.3. The van der Waals surface area contributed by atoms with Gasteiger partial charge in [-0.25, -0.2) is 0 Å². The molecule has 0 aromatic heterocycles. The number of rotatable bonds is 10. The first kappa shape index (κ1) is 40.7. The van der Waals surface area contributed by atoms with Gasteiger partial charge >= 0.3 is 0 Å². The molecule has 0 heterocycles. The Kier molecular flexibility index (Phi) is 10.6. The van der Waals surface area contributed by atoms with Crippen LogP contribution in [0.2, 0.25) is 0 Å². The second kappa shape index (κ2) is 14.9. The number of ketones is 1. The number of aryl methyl sites for hydroxylation is 2. The zero-order chi connectivity index (χ0) is 41.7. The number of hydrogen-bond acceptors (Lipinski definition) is 15. The van der Waals surface area contributed by atoms with Crippen LogP contribution in [0.3, 0.4) is 0 Å². The first-order valence-electron chi connectivity index (χ1n) is 15.8. The van der Waals surface area contributed by atoms with Crippen LogP contribution in [0.25, 0.3) is 16.8 Å². The van der Waals surface area contributed by atoms with Crippen molar-refractivity contribution >= 4 is 97.3 Å². The standard InChI is InChI=1S/C34H26N6O13S4/c1-18-11-22(5-9-30(18)39-36-24-4-3-20-13-26(55(45,46)47)17-31(28(20)16-24)56(48,49)50)35-38-29-10-6-23(12-19(29)2)37-40-33-27-8-7-25(54(42,43)44)14-21(27)15-32(34(33)41)57(51,52)53/h3-17,37H,1-2H3,(H,42,43,44)(H,45,46,47)(H,48,49,50)(H,51,52,53). The van der Waals surface area contributed by atoms with E-state index >= 15 is 0 Å². The van der Waals surface area contributed by atoms with E-state index in [0.29, 0.717) is 39.9 Å². The van der Waals surface area contributed by atoms with E-state index in [0.717, 1.165) is 30.3 Å². The fourth-order valence-electron chi connectivity index (χ4n) is 5.49. The average Bonchev–Trinajstić information content (AvgIpc) is 3.11. The summed E-state index contributed by atoms with van der Waals surface area (Å²) in [5, 5.41) is 20.9. The highest BCUT2D eigenvalue weighted by Gasteiger charge is 2.34. The predicted molar refractivity (Wildman–Crippen MR) is 205 cm³/mol. The van der Waals surface area contributed by atoms with Crippen LogP contribution in [0.5, 0.6) is 0 Å². The summed E-state index contributed by atoms with van der Waals surface area (Å²) in [6.07, 6.45) is 0.775. The zero-order valence-electron chi connectivity index (χ0n) is 29.0. The number of azo groups is 2. The molecule has 6 rings (SSSR count). The molecule has 19 nitrogen and oxygen atoms in total. The highest BCUT2D eigenvalue weighted by Crippen LogP contribution is 2.33. The topological polar surface area (TPSA) is 308 Å². The monoisotopic (exact) mass is 854 g/mol. The Bertz CT molecular complexity index is 3140. The van der Waals surface area contributed by atoms with Gasteiger partial charge < -0.3 is 0 Å². The first-order valence-corrected chi connectivity index (χ1v) is 21.5. The highest BCUT2D eigenvalue weighted by atomic mass is 32.2. The Morgan fingerprint density at radius 3 is 1.74 bits per heavy atom. The third-order valence-corrected chi connectivity index (χ3v) is 11.7. The van der Waals surface area contributed by atoms with Crippen LogP contribution in [0.15, 0.2) is 130 Å². The third kappa shape index (κ3) is 9.05. The van der Waals surface area contributed by atoms with Gasteiger partial charge in [-0.2, -0.15) is 59.2 Å². The molecule has 23 heteroatoms. The summed E-state index contributed by atoms with van der Waals surface area (Å²) in [4.78, 5) is 9.92. The molecule has 0 spiro atoms. The zero-order valence-corrected chi connectivity index (χ0v) is 32.3. The van der Waals surface area contributed by atoms with Gasteiger partial charge in [0.15, 0.2) is 0 Å². The molecule has 1 aliphatic carbocycles. The Hall–Kier alpha value is -5.92. The molecular weight excluding hydrogens is 829 g/mol. The molecule has 294 valence electrons. The fraction of sp³-hybridized carbons (Fsp3) is 0.0588. The van der Waals surface area contributed by atoms with Gasteiger partial charge in [-0.05, 0) is 115 Å². The molecule has 0 radical (unpaired) electrons. The van der Waals surface area contributed by atoms with E-state index < -0.39 is 71.6 Å². The maximum atomic E-state index is 13.0. The smallest absolute Gasteiger partial charge is 0.286 e. The van der Waals surface area contributed by atoms with E-state index in [-0.39, 0.29) is 27.6 Å². The number of Topliss-reactive ketones (excluding diaryl/α,β-unsaturated/α-hetero) is 1. The molecule has 0 amide bonds. The Balaban J connectivity index is 1.20. The van der Waals surface area contributed by atoms with Gasteiger partial charge in [0.25, 0.3) is 40.5 Å². The lowest BCUT2D eigenvalue weighted by Crippen LogP contribution is -2.27. The minimum absolute atomic E-state index is 0.0272. The predicted octanol–water partition coefficient (Wildman–Crippen LogP) is 6.66. The molecule has 57 heavy (non-hydrogen) atoms. The summed E-state index contributed by atoms with van der Waals surface area (Å²) < 4.78 is 132. The van der Waals surface area contributed by atoms with Gasteiger partial charge in [0.05, 0.1) is 38.2 Å². The first-order chi connectivity index (χ1) is 26.5. The van der Waals surface area contributed by atoms with Crippen molar-refractivity contribution in [1.82, 2.24) is 0 Å². The van der Waals surface area contributed by atoms with Crippen LogP contribution in [0.4, 0.5) is 28.4 Å². The van der Waals surface area contributed by atoms with Crippen molar-refractivity contribution in [2.75, 3.05) is 5.43 Å². The summed E-state index contributed by atoms with van der Waals surface area (Å²) >= 11 is 0. The Labute approximate surface area is 324 Å². The van der Waals surface area contributed by atoms with Crippen LogP contribution < -0.4 is 5.43 Å². The summed E-state index contributed by atoms with van der Waals surface area (Å²) in [5.74, 6) is -1.16. The van der Waals surface area contributed by atoms with Crippen molar-refractivity contribution in [3.8, 4) is 0 Å². The van der Waals surface area contributed by atoms with Gasteiger partial charge in [-0.1, -0.05) is 12.1 Å². The number of anilines is 1. The third-order valence-electron chi connectivity index (χ3n) is 8.25. The molecule has 0 aliphatic heterocycles. The lowest BCUT2D eigenvalue weighted by Gasteiger charge is -2.17. The number of benzene rings is 5. The Morgan fingerprint density at radius 1 is 0.561 bits per heavy atom. The van der Waals surface area contributed by atoms with Crippen molar-refractivity contribution in [3.63, 3.8) is 0 Å². The van der Waals surface area contributed by atoms with E-state index in [2.05, 4.69) is 31.0 Å². The molecule has 5 N–H and O–H groups in total. The lowest BCUT2D eigenvalue weighted by atomic mass is 9.94. The van der Waals surface area contributed by atoms with Crippen molar-refractivity contribution in [2.24, 2.45) is 25.6 Å². The van der Waals surface area contributed by atoms with Crippen LogP contribution in [0.1, 0.15) is 22.3 Å². The molecule has 5 aromatic rings. The van der Waals surface area contributed by atoms with Crippen molar-refractivity contribution in [2.45, 2.75) is 28.5 Å². The molecule has 0 fully saturated rings. The van der Waals surface area contributed by atoms with Gasteiger partial charge in [0.2, 0.25) is 5.78 Å². The minimum Gasteiger partial charge on any atom is -0.286 e. The fourth-order valence-corrected chi connectivity index (χ4v) is 7.96. The molecule has 0 saturated carbocycles. The van der Waals surface area contributed by atoms with E-state index in [4.69, 9.17) is 0 Å². The van der Waals surface area contributed by atoms with Crippen LogP contribution in [-0.2, 0) is 45.3 Å². The molecule has 1 aliphatic rings. The number of nitrogens with one attached hydrogen (secondary N) is 1. The van der Waals surface area contributed by atoms with Crippen LogP contribution in [0, 0.1) is 13.8 Å².